The molecule has 0 atom stereocenters. The van der Waals surface area contributed by atoms with E-state index in [1.165, 1.54) is 5.56 Å². The molecular weight excluding hydrogens is 216 g/mol. The first-order chi connectivity index (χ1) is 5.62. The third-order valence-corrected chi connectivity index (χ3v) is 3.21. The highest BCUT2D eigenvalue weighted by atomic mass is 79.9. The quantitative estimate of drug-likeness (QED) is 0.746. The zero-order chi connectivity index (χ0) is 8.77. The second-order valence-corrected chi connectivity index (χ2v) is 4.24. The fourth-order valence-corrected chi connectivity index (χ4v) is 1.47. The van der Waals surface area contributed by atoms with Crippen molar-refractivity contribution in [1.29, 1.82) is 0 Å². The normalized spacial score (nSPS) is 19.2. The van der Waals surface area contributed by atoms with Crippen molar-refractivity contribution < 1.29 is 0 Å². The summed E-state index contributed by atoms with van der Waals surface area (Å²) in [4.78, 5) is 4.22. The Kier molecular flexibility index (Phi) is 1.73. The lowest BCUT2D eigenvalue weighted by atomic mass is 10.1. The molecule has 0 radical (unpaired) electrons. The molecule has 1 aromatic rings. The van der Waals surface area contributed by atoms with Crippen LogP contribution in [0.5, 0.6) is 0 Å². The molecule has 0 spiro atoms. The standard InChI is InChI=1S/C9H11BrN2/c1-6-4-7(5-12-8(6)10)9(11)2-3-9/h4-5H,2-3,11H2,1H3. The van der Waals surface area contributed by atoms with E-state index < -0.39 is 0 Å². The Hall–Kier alpha value is -0.410. The van der Waals surface area contributed by atoms with Crippen molar-refractivity contribution in [2.24, 2.45) is 5.73 Å². The Morgan fingerprint density at radius 2 is 2.25 bits per heavy atom. The summed E-state index contributed by atoms with van der Waals surface area (Å²) in [6, 6.07) is 2.12. The van der Waals surface area contributed by atoms with Crippen LogP contribution in [0.15, 0.2) is 16.9 Å². The molecule has 1 heterocycles. The van der Waals surface area contributed by atoms with Crippen LogP contribution in [0.4, 0.5) is 0 Å². The Labute approximate surface area is 80.3 Å². The Bertz CT molecular complexity index is 318. The summed E-state index contributed by atoms with van der Waals surface area (Å²) < 4.78 is 0.913. The number of aromatic nitrogens is 1. The van der Waals surface area contributed by atoms with E-state index in [1.54, 1.807) is 0 Å². The van der Waals surface area contributed by atoms with E-state index in [9.17, 15) is 0 Å². The molecule has 1 fully saturated rings. The average molecular weight is 227 g/mol. The lowest BCUT2D eigenvalue weighted by Gasteiger charge is -2.09. The van der Waals surface area contributed by atoms with Gasteiger partial charge in [0.15, 0.2) is 0 Å². The smallest absolute Gasteiger partial charge is 0.108 e. The topological polar surface area (TPSA) is 38.9 Å². The first-order valence-corrected chi connectivity index (χ1v) is 4.83. The van der Waals surface area contributed by atoms with Crippen molar-refractivity contribution in [3.8, 4) is 0 Å². The summed E-state index contributed by atoms with van der Waals surface area (Å²) in [7, 11) is 0. The van der Waals surface area contributed by atoms with Crippen LogP contribution in [0.3, 0.4) is 0 Å². The van der Waals surface area contributed by atoms with Gasteiger partial charge in [-0.2, -0.15) is 0 Å². The van der Waals surface area contributed by atoms with Gasteiger partial charge < -0.3 is 5.73 Å². The number of pyridine rings is 1. The Balaban J connectivity index is 2.41. The molecule has 2 rings (SSSR count). The van der Waals surface area contributed by atoms with Gasteiger partial charge >= 0.3 is 0 Å². The largest absolute Gasteiger partial charge is 0.321 e. The number of aryl methyl sites for hydroxylation is 1. The number of nitrogens with zero attached hydrogens (tertiary/aromatic N) is 1. The van der Waals surface area contributed by atoms with Gasteiger partial charge in [-0.25, -0.2) is 4.98 Å². The molecule has 3 heteroatoms. The van der Waals surface area contributed by atoms with Crippen LogP contribution in [0.25, 0.3) is 0 Å². The molecule has 0 unspecified atom stereocenters. The predicted octanol–water partition coefficient (Wildman–Crippen LogP) is 2.10. The maximum atomic E-state index is 6.03. The summed E-state index contributed by atoms with van der Waals surface area (Å²) in [6.07, 6.45) is 4.05. The van der Waals surface area contributed by atoms with Gasteiger partial charge in [-0.3, -0.25) is 0 Å². The van der Waals surface area contributed by atoms with E-state index in [-0.39, 0.29) is 5.54 Å². The highest BCUT2D eigenvalue weighted by molar-refractivity contribution is 9.10. The van der Waals surface area contributed by atoms with Crippen LogP contribution in [0.2, 0.25) is 0 Å². The predicted molar refractivity (Wildman–Crippen MR) is 51.8 cm³/mol. The van der Waals surface area contributed by atoms with Gasteiger partial charge in [0.2, 0.25) is 0 Å². The van der Waals surface area contributed by atoms with Crippen LogP contribution in [-0.2, 0) is 5.54 Å². The number of halogens is 1. The van der Waals surface area contributed by atoms with Crippen LogP contribution in [-0.4, -0.2) is 4.98 Å². The molecule has 1 saturated carbocycles. The summed E-state index contributed by atoms with van der Waals surface area (Å²) >= 11 is 3.36. The highest BCUT2D eigenvalue weighted by Gasteiger charge is 2.40. The molecule has 2 N–H and O–H groups in total. The van der Waals surface area contributed by atoms with Crippen molar-refractivity contribution >= 4 is 15.9 Å². The van der Waals surface area contributed by atoms with Gasteiger partial charge in [-0.05, 0) is 46.8 Å². The molecule has 1 aliphatic carbocycles. The lowest BCUT2D eigenvalue weighted by Crippen LogP contribution is -2.19. The summed E-state index contributed by atoms with van der Waals surface area (Å²) in [5, 5.41) is 0. The molecule has 0 bridgehead atoms. The second kappa shape index (κ2) is 2.54. The molecular formula is C9H11BrN2. The third kappa shape index (κ3) is 1.27. The second-order valence-electron chi connectivity index (χ2n) is 3.49. The van der Waals surface area contributed by atoms with Gasteiger partial charge in [0.25, 0.3) is 0 Å². The van der Waals surface area contributed by atoms with Gasteiger partial charge in [0.05, 0.1) is 0 Å². The minimum absolute atomic E-state index is 0.0571. The van der Waals surface area contributed by atoms with Crippen LogP contribution < -0.4 is 5.73 Å². The molecule has 1 aliphatic rings. The highest BCUT2D eigenvalue weighted by Crippen LogP contribution is 2.42. The van der Waals surface area contributed by atoms with Gasteiger partial charge in [-0.15, -0.1) is 0 Å². The average Bonchev–Trinajstić information content (AvgIpc) is 2.75. The molecule has 2 nitrogen and oxygen atoms in total. The first kappa shape index (κ1) is 8.20. The van der Waals surface area contributed by atoms with E-state index >= 15 is 0 Å². The molecule has 12 heavy (non-hydrogen) atoms. The SMILES string of the molecule is Cc1cc(C2(N)CC2)cnc1Br. The zero-order valence-electron chi connectivity index (χ0n) is 6.97. The minimum Gasteiger partial charge on any atom is -0.321 e. The van der Waals surface area contributed by atoms with Gasteiger partial charge in [0, 0.05) is 11.7 Å². The van der Waals surface area contributed by atoms with Crippen molar-refractivity contribution in [3.05, 3.63) is 28.0 Å². The Morgan fingerprint density at radius 1 is 1.58 bits per heavy atom. The maximum Gasteiger partial charge on any atom is 0.108 e. The van der Waals surface area contributed by atoms with Crippen molar-refractivity contribution in [1.82, 2.24) is 4.98 Å². The van der Waals surface area contributed by atoms with Crippen molar-refractivity contribution in [3.63, 3.8) is 0 Å². The first-order valence-electron chi connectivity index (χ1n) is 4.03. The molecule has 0 saturated heterocycles. The number of hydrogen-bond donors (Lipinski definition) is 1. The number of nitrogens with two attached hydrogens (primary N) is 1. The molecule has 0 amide bonds. The summed E-state index contributed by atoms with van der Waals surface area (Å²) in [5.41, 5.74) is 8.30. The molecule has 0 aromatic carbocycles. The zero-order valence-corrected chi connectivity index (χ0v) is 8.56. The molecule has 0 aliphatic heterocycles. The van der Waals surface area contributed by atoms with E-state index in [0.29, 0.717) is 0 Å². The third-order valence-electron chi connectivity index (χ3n) is 2.38. The van der Waals surface area contributed by atoms with Crippen LogP contribution in [0.1, 0.15) is 24.0 Å². The Morgan fingerprint density at radius 3 is 2.75 bits per heavy atom. The number of rotatable bonds is 1. The summed E-state index contributed by atoms with van der Waals surface area (Å²) in [6.45, 7) is 2.03. The van der Waals surface area contributed by atoms with Gasteiger partial charge in [-0.1, -0.05) is 6.07 Å². The lowest BCUT2D eigenvalue weighted by molar-refractivity contribution is 0.732. The molecule has 1 aromatic heterocycles. The van der Waals surface area contributed by atoms with E-state index in [0.717, 1.165) is 23.0 Å². The molecule has 64 valence electrons. The van der Waals surface area contributed by atoms with Crippen molar-refractivity contribution in [2.45, 2.75) is 25.3 Å². The fraction of sp³-hybridized carbons (Fsp3) is 0.444. The number of hydrogen-bond acceptors (Lipinski definition) is 2. The van der Waals surface area contributed by atoms with E-state index in [2.05, 4.69) is 27.0 Å². The van der Waals surface area contributed by atoms with E-state index in [4.69, 9.17) is 5.73 Å². The van der Waals surface area contributed by atoms with Crippen LogP contribution in [0, 0.1) is 6.92 Å². The van der Waals surface area contributed by atoms with Crippen molar-refractivity contribution in [2.75, 3.05) is 0 Å². The minimum atomic E-state index is -0.0571. The summed E-state index contributed by atoms with van der Waals surface area (Å²) in [5.74, 6) is 0. The maximum absolute atomic E-state index is 6.03. The van der Waals surface area contributed by atoms with E-state index in [1.807, 2.05) is 13.1 Å². The fourth-order valence-electron chi connectivity index (χ4n) is 1.25. The monoisotopic (exact) mass is 226 g/mol. The van der Waals surface area contributed by atoms with Crippen LogP contribution >= 0.6 is 15.9 Å². The van der Waals surface area contributed by atoms with Gasteiger partial charge in [0.1, 0.15) is 4.60 Å².